The van der Waals surface area contributed by atoms with Gasteiger partial charge in [-0.05, 0) is 41.1 Å². The highest BCUT2D eigenvalue weighted by atomic mass is 79.9. The first-order valence-corrected chi connectivity index (χ1v) is 6.20. The third-order valence-corrected chi connectivity index (χ3v) is 2.99. The van der Waals surface area contributed by atoms with Crippen molar-refractivity contribution in [2.75, 3.05) is 13.7 Å². The van der Waals surface area contributed by atoms with Crippen molar-refractivity contribution in [2.45, 2.75) is 19.4 Å². The molecule has 0 amide bonds. The summed E-state index contributed by atoms with van der Waals surface area (Å²) in [4.78, 5) is 11.3. The fourth-order valence-corrected chi connectivity index (χ4v) is 2.03. The zero-order valence-corrected chi connectivity index (χ0v) is 11.6. The van der Waals surface area contributed by atoms with Gasteiger partial charge in [-0.1, -0.05) is 0 Å². The minimum Gasteiger partial charge on any atom is -0.496 e. The van der Waals surface area contributed by atoms with Crippen LogP contribution in [0.3, 0.4) is 0 Å². The molecule has 0 aliphatic rings. The molecular weight excluding hydrogens is 286 g/mol. The van der Waals surface area contributed by atoms with E-state index in [1.807, 2.05) is 18.2 Å². The Labute approximate surface area is 109 Å². The Hall–Kier alpha value is -1.07. The molecule has 0 aromatic heterocycles. The van der Waals surface area contributed by atoms with Gasteiger partial charge in [0.1, 0.15) is 18.2 Å². The largest absolute Gasteiger partial charge is 0.496 e. The molecule has 5 heteroatoms. The Balaban J connectivity index is 2.72. The van der Waals surface area contributed by atoms with Gasteiger partial charge in [-0.15, -0.1) is 0 Å². The van der Waals surface area contributed by atoms with Crippen molar-refractivity contribution in [3.63, 3.8) is 0 Å². The lowest BCUT2D eigenvalue weighted by atomic mass is 10.0. The predicted molar refractivity (Wildman–Crippen MR) is 67.6 cm³/mol. The molecule has 94 valence electrons. The molecule has 0 bridgehead atoms. The molecule has 0 fully saturated rings. The summed E-state index contributed by atoms with van der Waals surface area (Å²) in [5.41, 5.74) is 4.94. The van der Waals surface area contributed by atoms with E-state index in [0.29, 0.717) is 6.61 Å². The molecule has 0 aliphatic carbocycles. The first-order chi connectivity index (χ1) is 8.08. The van der Waals surface area contributed by atoms with Crippen molar-refractivity contribution in [3.8, 4) is 5.75 Å². The summed E-state index contributed by atoms with van der Waals surface area (Å²) in [6.45, 7) is 2.19. The predicted octanol–water partition coefficient (Wildman–Crippen LogP) is 1.69. The van der Waals surface area contributed by atoms with Crippen LogP contribution in [-0.2, 0) is 9.53 Å². The second kappa shape index (κ2) is 6.61. The van der Waals surface area contributed by atoms with Gasteiger partial charge >= 0.3 is 5.97 Å². The monoisotopic (exact) mass is 302 g/mol. The molecule has 0 unspecified atom stereocenters. The minimum absolute atomic E-state index is 0.115. The minimum atomic E-state index is -0.223. The van der Waals surface area contributed by atoms with Gasteiger partial charge in [-0.25, -0.2) is 0 Å². The van der Waals surface area contributed by atoms with E-state index in [1.54, 1.807) is 14.0 Å². The second-order valence-electron chi connectivity index (χ2n) is 3.60. The fraction of sp³-hybridized carbons (Fsp3) is 0.417. The molecule has 0 heterocycles. The Morgan fingerprint density at radius 3 is 2.76 bits per heavy atom. The van der Waals surface area contributed by atoms with Gasteiger partial charge < -0.3 is 15.2 Å². The number of quaternary nitrogens is 1. The van der Waals surface area contributed by atoms with Crippen LogP contribution in [-0.4, -0.2) is 19.7 Å². The third kappa shape index (κ3) is 4.02. The zero-order chi connectivity index (χ0) is 12.8. The highest BCUT2D eigenvalue weighted by Gasteiger charge is 2.16. The van der Waals surface area contributed by atoms with Crippen LogP contribution in [0.4, 0.5) is 0 Å². The number of rotatable bonds is 5. The van der Waals surface area contributed by atoms with Crippen molar-refractivity contribution in [2.24, 2.45) is 0 Å². The summed E-state index contributed by atoms with van der Waals surface area (Å²) in [6.07, 6.45) is 0.284. The van der Waals surface area contributed by atoms with E-state index in [4.69, 9.17) is 9.47 Å². The molecule has 1 aromatic carbocycles. The fourth-order valence-electron chi connectivity index (χ4n) is 1.48. The quantitative estimate of drug-likeness (QED) is 0.842. The maximum absolute atomic E-state index is 11.3. The van der Waals surface area contributed by atoms with Gasteiger partial charge in [0.25, 0.3) is 0 Å². The number of hydrogen-bond donors (Lipinski definition) is 1. The molecule has 0 saturated heterocycles. The SMILES string of the molecule is CCOC(=O)C[C@H]([NH3+])c1ccc(OC)c(Br)c1. The van der Waals surface area contributed by atoms with Gasteiger partial charge in [0, 0.05) is 5.56 Å². The lowest BCUT2D eigenvalue weighted by Gasteiger charge is -2.10. The molecule has 1 atom stereocenters. The number of esters is 1. The standard InChI is InChI=1S/C12H16BrNO3/c1-3-17-12(15)7-10(14)8-4-5-11(16-2)9(13)6-8/h4-6,10H,3,7,14H2,1-2H3/p+1/t10-/m0/s1. The first-order valence-electron chi connectivity index (χ1n) is 5.40. The number of hydrogen-bond acceptors (Lipinski definition) is 3. The summed E-state index contributed by atoms with van der Waals surface area (Å²) >= 11 is 3.40. The van der Waals surface area contributed by atoms with Gasteiger partial charge in [-0.2, -0.15) is 0 Å². The maximum atomic E-state index is 11.3. The van der Waals surface area contributed by atoms with E-state index in [-0.39, 0.29) is 18.4 Å². The number of benzene rings is 1. The van der Waals surface area contributed by atoms with Gasteiger partial charge in [0.2, 0.25) is 0 Å². The van der Waals surface area contributed by atoms with E-state index in [2.05, 4.69) is 21.7 Å². The van der Waals surface area contributed by atoms with E-state index >= 15 is 0 Å². The van der Waals surface area contributed by atoms with Crippen molar-refractivity contribution in [1.82, 2.24) is 0 Å². The van der Waals surface area contributed by atoms with Crippen LogP contribution in [0.15, 0.2) is 22.7 Å². The molecule has 4 nitrogen and oxygen atoms in total. The van der Waals surface area contributed by atoms with Crippen molar-refractivity contribution >= 4 is 21.9 Å². The van der Waals surface area contributed by atoms with E-state index in [1.165, 1.54) is 0 Å². The molecule has 1 rings (SSSR count). The normalized spacial score (nSPS) is 12.0. The smallest absolute Gasteiger partial charge is 0.312 e. The van der Waals surface area contributed by atoms with Crippen LogP contribution in [0.2, 0.25) is 0 Å². The Bertz CT molecular complexity index is 395. The topological polar surface area (TPSA) is 63.2 Å². The molecule has 3 N–H and O–H groups in total. The van der Waals surface area contributed by atoms with Crippen molar-refractivity contribution < 1.29 is 20.0 Å². The Morgan fingerprint density at radius 1 is 1.53 bits per heavy atom. The van der Waals surface area contributed by atoms with Crippen LogP contribution >= 0.6 is 15.9 Å². The van der Waals surface area contributed by atoms with Gasteiger partial charge in [0.15, 0.2) is 0 Å². The summed E-state index contributed by atoms with van der Waals surface area (Å²) in [5, 5.41) is 0. The van der Waals surface area contributed by atoms with E-state index < -0.39 is 0 Å². The number of carbonyl (C=O) groups is 1. The highest BCUT2D eigenvalue weighted by Crippen LogP contribution is 2.27. The summed E-state index contributed by atoms with van der Waals surface area (Å²) in [7, 11) is 1.61. The lowest BCUT2D eigenvalue weighted by molar-refractivity contribution is -0.425. The van der Waals surface area contributed by atoms with Gasteiger partial charge in [-0.3, -0.25) is 4.79 Å². The Morgan fingerprint density at radius 2 is 2.24 bits per heavy atom. The zero-order valence-electron chi connectivity index (χ0n) is 10.0. The van der Waals surface area contributed by atoms with Crippen molar-refractivity contribution in [1.29, 1.82) is 0 Å². The molecular formula is C12H17BrNO3+. The second-order valence-corrected chi connectivity index (χ2v) is 4.45. The lowest BCUT2D eigenvalue weighted by Crippen LogP contribution is -2.54. The Kier molecular flexibility index (Phi) is 5.44. The summed E-state index contributed by atoms with van der Waals surface area (Å²) in [5.74, 6) is 0.538. The molecule has 0 radical (unpaired) electrons. The molecule has 0 spiro atoms. The number of carbonyl (C=O) groups excluding carboxylic acids is 1. The molecule has 17 heavy (non-hydrogen) atoms. The number of ether oxygens (including phenoxy) is 2. The van der Waals surface area contributed by atoms with Crippen LogP contribution in [0.5, 0.6) is 5.75 Å². The summed E-state index contributed by atoms with van der Waals surface area (Å²) in [6, 6.07) is 5.55. The van der Waals surface area contributed by atoms with Crippen LogP contribution in [0.1, 0.15) is 24.9 Å². The van der Waals surface area contributed by atoms with Crippen LogP contribution in [0, 0.1) is 0 Å². The van der Waals surface area contributed by atoms with Gasteiger partial charge in [0.05, 0.1) is 18.2 Å². The van der Waals surface area contributed by atoms with E-state index in [0.717, 1.165) is 15.8 Å². The van der Waals surface area contributed by atoms with Crippen molar-refractivity contribution in [3.05, 3.63) is 28.2 Å². The molecule has 1 aromatic rings. The third-order valence-electron chi connectivity index (χ3n) is 2.37. The van der Waals surface area contributed by atoms with Crippen LogP contribution < -0.4 is 10.5 Å². The average molecular weight is 303 g/mol. The highest BCUT2D eigenvalue weighted by molar-refractivity contribution is 9.10. The molecule has 0 aliphatic heterocycles. The first kappa shape index (κ1) is 14.0. The summed E-state index contributed by atoms with van der Waals surface area (Å²) < 4.78 is 10.9. The number of halogens is 1. The maximum Gasteiger partial charge on any atom is 0.312 e. The molecule has 0 saturated carbocycles. The van der Waals surface area contributed by atoms with E-state index in [9.17, 15) is 4.79 Å². The van der Waals surface area contributed by atoms with Crippen LogP contribution in [0.25, 0.3) is 0 Å². The number of methoxy groups -OCH3 is 1. The average Bonchev–Trinajstić information content (AvgIpc) is 2.29.